The molecule has 0 aromatic heterocycles. The summed E-state index contributed by atoms with van der Waals surface area (Å²) in [4.78, 5) is 0. The molecule has 8 fully saturated rings. The van der Waals surface area contributed by atoms with Crippen LogP contribution in [0.2, 0.25) is 0 Å². The van der Waals surface area contributed by atoms with Crippen LogP contribution in [-0.4, -0.2) is 80.5 Å². The summed E-state index contributed by atoms with van der Waals surface area (Å²) in [6, 6.07) is 14.5. The van der Waals surface area contributed by atoms with Gasteiger partial charge in [-0.15, -0.1) is 0 Å². The molecule has 0 heterocycles. The first kappa shape index (κ1) is 34.0. The summed E-state index contributed by atoms with van der Waals surface area (Å²) < 4.78 is 37.8. The summed E-state index contributed by atoms with van der Waals surface area (Å²) in [5.41, 5.74) is 3.48. The molecular formula is C40H54O6Se2. The minimum atomic E-state index is 0.281. The maximum atomic E-state index is 6.49. The molecule has 8 aliphatic rings. The van der Waals surface area contributed by atoms with Crippen LogP contribution in [0.15, 0.2) is 36.4 Å². The third-order valence-electron chi connectivity index (χ3n) is 12.8. The van der Waals surface area contributed by atoms with Gasteiger partial charge in [0.1, 0.15) is 0 Å². The van der Waals surface area contributed by atoms with Crippen LogP contribution >= 0.6 is 0 Å². The summed E-state index contributed by atoms with van der Waals surface area (Å²) in [7, 11) is 3.43. The molecule has 2 aromatic rings. The van der Waals surface area contributed by atoms with Crippen molar-refractivity contribution in [1.29, 1.82) is 0 Å². The second-order valence-electron chi connectivity index (χ2n) is 16.2. The summed E-state index contributed by atoms with van der Waals surface area (Å²) >= 11 is 0.660. The van der Waals surface area contributed by atoms with E-state index in [1.54, 1.807) is 14.2 Å². The van der Waals surface area contributed by atoms with Crippen molar-refractivity contribution in [2.75, 3.05) is 54.2 Å². The molecule has 0 saturated heterocycles. The van der Waals surface area contributed by atoms with Gasteiger partial charge in [0.05, 0.1) is 0 Å². The van der Waals surface area contributed by atoms with E-state index in [1.807, 2.05) is 0 Å². The van der Waals surface area contributed by atoms with Crippen LogP contribution in [0.25, 0.3) is 0 Å². The predicted molar refractivity (Wildman–Crippen MR) is 190 cm³/mol. The van der Waals surface area contributed by atoms with E-state index in [9.17, 15) is 0 Å². The molecule has 0 radical (unpaired) electrons. The fourth-order valence-corrected chi connectivity index (χ4v) is 17.7. The molecule has 0 amide bonds. The molecule has 262 valence electrons. The quantitative estimate of drug-likeness (QED) is 0.113. The molecule has 6 nitrogen and oxygen atoms in total. The topological polar surface area (TPSA) is 55.4 Å². The van der Waals surface area contributed by atoms with Crippen LogP contribution in [-0.2, 0) is 29.8 Å². The van der Waals surface area contributed by atoms with Gasteiger partial charge in [0.15, 0.2) is 0 Å². The fraction of sp³-hybridized carbons (Fsp3) is 0.700. The Kier molecular flexibility index (Phi) is 10.5. The zero-order valence-electron chi connectivity index (χ0n) is 28.9. The Balaban J connectivity index is 1.01. The van der Waals surface area contributed by atoms with Gasteiger partial charge in [-0.05, 0) is 0 Å². The van der Waals surface area contributed by atoms with Gasteiger partial charge in [-0.1, -0.05) is 0 Å². The maximum absolute atomic E-state index is 6.49. The number of methoxy groups -OCH3 is 2. The van der Waals surface area contributed by atoms with Crippen molar-refractivity contribution >= 4 is 35.2 Å². The molecule has 8 saturated carbocycles. The first-order valence-electron chi connectivity index (χ1n) is 18.6. The Bertz CT molecular complexity index is 1240. The summed E-state index contributed by atoms with van der Waals surface area (Å²) in [6.45, 7) is 2.84. The molecule has 8 heteroatoms. The van der Waals surface area contributed by atoms with E-state index < -0.39 is 0 Å². The van der Waals surface area contributed by atoms with Crippen LogP contribution < -0.4 is 18.4 Å². The van der Waals surface area contributed by atoms with Gasteiger partial charge in [0.2, 0.25) is 0 Å². The zero-order valence-corrected chi connectivity index (χ0v) is 32.3. The Morgan fingerprint density at radius 3 is 1.21 bits per heavy atom. The number of benzene rings is 2. The van der Waals surface area contributed by atoms with E-state index in [1.165, 1.54) is 97.1 Å². The monoisotopic (exact) mass is 790 g/mol. The van der Waals surface area contributed by atoms with E-state index >= 15 is 0 Å². The zero-order chi connectivity index (χ0) is 32.6. The second-order valence-corrected chi connectivity index (χ2v) is 22.5. The van der Waals surface area contributed by atoms with E-state index in [0.717, 1.165) is 47.0 Å². The molecule has 0 atom stereocenters. The van der Waals surface area contributed by atoms with Crippen molar-refractivity contribution in [3.8, 4) is 11.5 Å². The van der Waals surface area contributed by atoms with Gasteiger partial charge >= 0.3 is 300 Å². The van der Waals surface area contributed by atoms with Crippen molar-refractivity contribution in [2.24, 2.45) is 35.5 Å². The summed E-state index contributed by atoms with van der Waals surface area (Å²) in [5, 5.41) is 0. The Morgan fingerprint density at radius 1 is 0.521 bits per heavy atom. The predicted octanol–water partition coefficient (Wildman–Crippen LogP) is 5.90. The molecule has 0 unspecified atom stereocenters. The average Bonchev–Trinajstić information content (AvgIpc) is 3.06. The van der Waals surface area contributed by atoms with Gasteiger partial charge in [0, 0.05) is 0 Å². The SMILES string of the molecule is COCCOCOc1cc([Se][Se]c2ccc(C34CC5CC(CC(C5)C3)C4)c(OCOCCOC)c2)ccc1C12CC3CC(CC(C3)C1)C2. The molecule has 8 bridgehead atoms. The van der Waals surface area contributed by atoms with E-state index in [2.05, 4.69) is 36.4 Å². The summed E-state index contributed by atoms with van der Waals surface area (Å²) in [5.74, 6) is 7.54. The molecule has 8 aliphatic carbocycles. The molecule has 0 spiro atoms. The van der Waals surface area contributed by atoms with Crippen LogP contribution in [0.4, 0.5) is 0 Å². The summed E-state index contributed by atoms with van der Waals surface area (Å²) in [6.07, 6.45) is 16.7. The third kappa shape index (κ3) is 7.17. The molecule has 48 heavy (non-hydrogen) atoms. The first-order valence-corrected chi connectivity index (χ1v) is 24.6. The molecule has 0 aliphatic heterocycles. The number of rotatable bonds is 17. The van der Waals surface area contributed by atoms with Crippen LogP contribution in [0.1, 0.15) is 88.2 Å². The Hall–Kier alpha value is -1.08. The van der Waals surface area contributed by atoms with Crippen molar-refractivity contribution < 1.29 is 28.4 Å². The third-order valence-corrected chi connectivity index (χ3v) is 20.0. The molecule has 10 rings (SSSR count). The second kappa shape index (κ2) is 14.9. The van der Waals surface area contributed by atoms with Crippen LogP contribution in [0.3, 0.4) is 0 Å². The molecule has 2 aromatic carbocycles. The van der Waals surface area contributed by atoms with E-state index in [0.29, 0.717) is 52.7 Å². The number of hydrogen-bond acceptors (Lipinski definition) is 6. The van der Waals surface area contributed by atoms with Gasteiger partial charge in [0.25, 0.3) is 0 Å². The van der Waals surface area contributed by atoms with Gasteiger partial charge in [-0.25, -0.2) is 0 Å². The van der Waals surface area contributed by atoms with Gasteiger partial charge < -0.3 is 0 Å². The van der Waals surface area contributed by atoms with E-state index in [4.69, 9.17) is 28.4 Å². The van der Waals surface area contributed by atoms with Crippen LogP contribution in [0, 0.1) is 35.5 Å². The first-order chi connectivity index (χ1) is 23.5. The van der Waals surface area contributed by atoms with Crippen LogP contribution in [0.5, 0.6) is 11.5 Å². The average molecular weight is 789 g/mol. The Morgan fingerprint density at radius 2 is 0.875 bits per heavy atom. The number of ether oxygens (including phenoxy) is 6. The van der Waals surface area contributed by atoms with Crippen molar-refractivity contribution in [2.45, 2.75) is 87.9 Å². The van der Waals surface area contributed by atoms with E-state index in [-0.39, 0.29) is 24.4 Å². The standard InChI is InChI=1S/C40H54O6Se2/c1-41-7-9-43-25-45-37-17-33(3-5-35(37)39-19-27-11-28(20-39)13-29(12-27)21-39)47-48-34-4-6-36(38(18-34)46-26-44-10-8-42-2)40-22-30-14-31(23-40)16-32(15-30)24-40/h3-6,17-18,27-32H,7-16,19-26H2,1-2H3. The van der Waals surface area contributed by atoms with Gasteiger partial charge in [-0.2, -0.15) is 0 Å². The fourth-order valence-electron chi connectivity index (χ4n) is 11.8. The Labute approximate surface area is 298 Å². The van der Waals surface area contributed by atoms with Gasteiger partial charge in [-0.3, -0.25) is 0 Å². The molecule has 0 N–H and O–H groups in total. The molecular weight excluding hydrogens is 734 g/mol. The van der Waals surface area contributed by atoms with Crippen molar-refractivity contribution in [3.05, 3.63) is 47.5 Å². The van der Waals surface area contributed by atoms with Crippen molar-refractivity contribution in [1.82, 2.24) is 0 Å². The number of hydrogen-bond donors (Lipinski definition) is 0. The normalized spacial score (nSPS) is 34.2. The van der Waals surface area contributed by atoms with Crippen molar-refractivity contribution in [3.63, 3.8) is 0 Å². The minimum absolute atomic E-state index is 0.281.